The Balaban J connectivity index is 3.80. The summed E-state index contributed by atoms with van der Waals surface area (Å²) < 4.78 is 24.0. The van der Waals surface area contributed by atoms with E-state index in [2.05, 4.69) is 32.4 Å². The fourth-order valence-electron chi connectivity index (χ4n) is 0.894. The minimum Gasteiger partial charge on any atom is -0.215 e. The highest BCUT2D eigenvalue weighted by Gasteiger charge is 2.19. The lowest BCUT2D eigenvalue weighted by molar-refractivity contribution is 0.248. The topological polar surface area (TPSA) is 46.2 Å². The van der Waals surface area contributed by atoms with Gasteiger partial charge in [-0.15, -0.1) is 0 Å². The first-order valence-corrected chi connectivity index (χ1v) is 6.46. The van der Waals surface area contributed by atoms with Crippen LogP contribution in [0.1, 0.15) is 34.1 Å². The lowest BCUT2D eigenvalue weighted by Crippen LogP contribution is -2.27. The van der Waals surface area contributed by atoms with E-state index in [1.54, 1.807) is 0 Å². The van der Waals surface area contributed by atoms with E-state index >= 15 is 0 Å². The average molecular weight is 207 g/mol. The summed E-state index contributed by atoms with van der Waals surface area (Å²) in [7, 11) is -3.02. The molecule has 0 aliphatic rings. The summed E-state index contributed by atoms with van der Waals surface area (Å²) in [5.74, 6) is 0.516. The van der Waals surface area contributed by atoms with Gasteiger partial charge in [-0.25, -0.2) is 13.1 Å². The van der Waals surface area contributed by atoms with E-state index in [1.165, 1.54) is 6.26 Å². The van der Waals surface area contributed by atoms with Gasteiger partial charge in [0.05, 0.1) is 6.26 Å². The second-order valence-corrected chi connectivity index (χ2v) is 6.56. The Hall–Kier alpha value is -0.0900. The van der Waals surface area contributed by atoms with Crippen molar-refractivity contribution in [2.24, 2.45) is 11.3 Å². The highest BCUT2D eigenvalue weighted by Crippen LogP contribution is 2.27. The summed E-state index contributed by atoms with van der Waals surface area (Å²) in [5.41, 5.74) is 0.249. The van der Waals surface area contributed by atoms with Crippen LogP contribution in [-0.2, 0) is 10.0 Å². The Morgan fingerprint density at radius 2 is 1.77 bits per heavy atom. The van der Waals surface area contributed by atoms with Gasteiger partial charge in [-0.05, 0) is 17.8 Å². The lowest BCUT2D eigenvalue weighted by atomic mass is 9.80. The van der Waals surface area contributed by atoms with E-state index in [-0.39, 0.29) is 5.41 Å². The smallest absolute Gasteiger partial charge is 0.208 e. The molecule has 0 aliphatic carbocycles. The van der Waals surface area contributed by atoms with Crippen molar-refractivity contribution in [3.05, 3.63) is 0 Å². The normalized spacial score (nSPS) is 15.8. The van der Waals surface area contributed by atoms with Gasteiger partial charge in [-0.2, -0.15) is 0 Å². The second-order valence-electron chi connectivity index (χ2n) is 4.72. The van der Waals surface area contributed by atoms with Crippen molar-refractivity contribution in [1.82, 2.24) is 4.72 Å². The molecular formula is C9H21NO2S. The molecule has 13 heavy (non-hydrogen) atoms. The predicted molar refractivity (Wildman–Crippen MR) is 56.1 cm³/mol. The second kappa shape index (κ2) is 4.42. The van der Waals surface area contributed by atoms with Crippen molar-refractivity contribution < 1.29 is 8.42 Å². The van der Waals surface area contributed by atoms with Crippen molar-refractivity contribution >= 4 is 10.0 Å². The first-order chi connectivity index (χ1) is 5.63. The summed E-state index contributed by atoms with van der Waals surface area (Å²) in [4.78, 5) is 0. The Kier molecular flexibility index (Phi) is 4.39. The van der Waals surface area contributed by atoms with Crippen molar-refractivity contribution in [2.45, 2.75) is 34.1 Å². The Morgan fingerprint density at radius 1 is 1.31 bits per heavy atom. The minimum absolute atomic E-state index is 0.249. The maximum Gasteiger partial charge on any atom is 0.208 e. The minimum atomic E-state index is -3.02. The maximum absolute atomic E-state index is 10.8. The molecular weight excluding hydrogens is 186 g/mol. The molecule has 4 heteroatoms. The Bertz CT molecular complexity index is 239. The average Bonchev–Trinajstić information content (AvgIpc) is 1.82. The molecule has 0 aliphatic heterocycles. The molecule has 0 amide bonds. The van der Waals surface area contributed by atoms with E-state index in [4.69, 9.17) is 0 Å². The summed E-state index contributed by atoms with van der Waals surface area (Å²) in [5, 5.41) is 0. The quantitative estimate of drug-likeness (QED) is 0.761. The van der Waals surface area contributed by atoms with E-state index in [9.17, 15) is 8.42 Å². The number of rotatable bonds is 4. The van der Waals surface area contributed by atoms with Gasteiger partial charge in [0.15, 0.2) is 0 Å². The van der Waals surface area contributed by atoms with Crippen LogP contribution in [0.4, 0.5) is 0 Å². The molecule has 1 atom stereocenters. The summed E-state index contributed by atoms with van der Waals surface area (Å²) in [6.45, 7) is 9.18. The van der Waals surface area contributed by atoms with E-state index in [0.29, 0.717) is 12.5 Å². The molecule has 0 saturated carbocycles. The summed E-state index contributed by atoms with van der Waals surface area (Å²) in [6, 6.07) is 0. The molecule has 0 spiro atoms. The van der Waals surface area contributed by atoms with Crippen LogP contribution < -0.4 is 4.72 Å². The molecule has 0 saturated heterocycles. The van der Waals surface area contributed by atoms with Gasteiger partial charge < -0.3 is 0 Å². The molecule has 0 radical (unpaired) electrons. The van der Waals surface area contributed by atoms with Crippen molar-refractivity contribution in [2.75, 3.05) is 12.8 Å². The summed E-state index contributed by atoms with van der Waals surface area (Å²) in [6.07, 6.45) is 2.07. The van der Waals surface area contributed by atoms with E-state index in [0.717, 1.165) is 6.42 Å². The highest BCUT2D eigenvalue weighted by molar-refractivity contribution is 7.88. The molecule has 0 aromatic heterocycles. The van der Waals surface area contributed by atoms with Gasteiger partial charge >= 0.3 is 0 Å². The maximum atomic E-state index is 10.8. The molecule has 0 fully saturated rings. The molecule has 0 aromatic rings. The third kappa shape index (κ3) is 7.02. The van der Waals surface area contributed by atoms with Gasteiger partial charge in [0.1, 0.15) is 0 Å². The largest absolute Gasteiger partial charge is 0.215 e. The number of hydrogen-bond acceptors (Lipinski definition) is 2. The monoisotopic (exact) mass is 207 g/mol. The van der Waals surface area contributed by atoms with Crippen molar-refractivity contribution in [3.63, 3.8) is 0 Å². The molecule has 1 unspecified atom stereocenters. The van der Waals surface area contributed by atoms with Crippen LogP contribution in [0, 0.1) is 11.3 Å². The fraction of sp³-hybridized carbons (Fsp3) is 1.00. The van der Waals surface area contributed by atoms with Crippen LogP contribution in [0.15, 0.2) is 0 Å². The standard InChI is InChI=1S/C9H21NO2S/c1-8(9(2,3)4)6-7-10-13(5,11)12/h8,10H,6-7H2,1-5H3. The zero-order valence-corrected chi connectivity index (χ0v) is 10.0. The van der Waals surface area contributed by atoms with Crippen LogP contribution in [-0.4, -0.2) is 21.2 Å². The van der Waals surface area contributed by atoms with Crippen molar-refractivity contribution in [1.29, 1.82) is 0 Å². The van der Waals surface area contributed by atoms with Crippen LogP contribution >= 0.6 is 0 Å². The van der Waals surface area contributed by atoms with Crippen molar-refractivity contribution in [3.8, 4) is 0 Å². The number of nitrogens with one attached hydrogen (secondary N) is 1. The molecule has 0 bridgehead atoms. The van der Waals surface area contributed by atoms with Gasteiger partial charge in [0, 0.05) is 6.54 Å². The zero-order chi connectivity index (χ0) is 10.7. The zero-order valence-electron chi connectivity index (χ0n) is 9.22. The SMILES string of the molecule is CC(CCNS(C)(=O)=O)C(C)(C)C. The van der Waals surface area contributed by atoms with Crippen LogP contribution in [0.2, 0.25) is 0 Å². The number of sulfonamides is 1. The molecule has 0 heterocycles. The predicted octanol–water partition coefficient (Wildman–Crippen LogP) is 1.61. The lowest BCUT2D eigenvalue weighted by Gasteiger charge is -2.27. The molecule has 0 aromatic carbocycles. The fourth-order valence-corrected chi connectivity index (χ4v) is 1.38. The Labute approximate surface area is 82.0 Å². The third-order valence-electron chi connectivity index (χ3n) is 2.42. The summed E-state index contributed by atoms with van der Waals surface area (Å²) >= 11 is 0. The van der Waals surface area contributed by atoms with E-state index in [1.807, 2.05) is 0 Å². The third-order valence-corrected chi connectivity index (χ3v) is 3.15. The van der Waals surface area contributed by atoms with Crippen LogP contribution in [0.5, 0.6) is 0 Å². The van der Waals surface area contributed by atoms with Crippen LogP contribution in [0.25, 0.3) is 0 Å². The molecule has 1 N–H and O–H groups in total. The molecule has 0 rings (SSSR count). The molecule has 80 valence electrons. The van der Waals surface area contributed by atoms with Gasteiger partial charge in [-0.1, -0.05) is 27.7 Å². The van der Waals surface area contributed by atoms with Crippen LogP contribution in [0.3, 0.4) is 0 Å². The van der Waals surface area contributed by atoms with E-state index < -0.39 is 10.0 Å². The van der Waals surface area contributed by atoms with Gasteiger partial charge in [0.25, 0.3) is 0 Å². The van der Waals surface area contributed by atoms with Gasteiger partial charge in [0.2, 0.25) is 10.0 Å². The highest BCUT2D eigenvalue weighted by atomic mass is 32.2. The van der Waals surface area contributed by atoms with Gasteiger partial charge in [-0.3, -0.25) is 0 Å². The Morgan fingerprint density at radius 3 is 2.08 bits per heavy atom. The molecule has 3 nitrogen and oxygen atoms in total. The first kappa shape index (κ1) is 12.9. The first-order valence-electron chi connectivity index (χ1n) is 4.57. The number of hydrogen-bond donors (Lipinski definition) is 1.